The third-order valence-corrected chi connectivity index (χ3v) is 6.57. The molecule has 0 aliphatic heterocycles. The maximum Gasteiger partial charge on any atom is 0.410 e. The Hall–Kier alpha value is -5.08. The predicted molar refractivity (Wildman–Crippen MR) is 160 cm³/mol. The van der Waals surface area contributed by atoms with Gasteiger partial charge < -0.3 is 35.3 Å². The highest BCUT2D eigenvalue weighted by atomic mass is 32.2. The number of hydrogen-bond acceptors (Lipinski definition) is 11. The molecule has 1 unspecified atom stereocenters. The van der Waals surface area contributed by atoms with Gasteiger partial charge in [-0.1, -0.05) is 29.2 Å². The van der Waals surface area contributed by atoms with Crippen molar-refractivity contribution in [3.63, 3.8) is 0 Å². The lowest BCUT2D eigenvalue weighted by atomic mass is 10.1. The van der Waals surface area contributed by atoms with Gasteiger partial charge in [0.05, 0.1) is 13.2 Å². The van der Waals surface area contributed by atoms with Crippen molar-refractivity contribution in [1.29, 1.82) is 0 Å². The van der Waals surface area contributed by atoms with Crippen LogP contribution in [0.4, 0.5) is 38.4 Å². The van der Waals surface area contributed by atoms with Crippen LogP contribution in [-0.4, -0.2) is 51.4 Å². The van der Waals surface area contributed by atoms with E-state index in [1.165, 1.54) is 0 Å². The van der Waals surface area contributed by atoms with Gasteiger partial charge in [-0.3, -0.25) is 9.35 Å². The van der Waals surface area contributed by atoms with Gasteiger partial charge in [-0.05, 0) is 55.8 Å². The van der Waals surface area contributed by atoms with Crippen LogP contribution < -0.4 is 21.3 Å². The summed E-state index contributed by atoms with van der Waals surface area (Å²) in [6.07, 6.45) is 3.93. The molecule has 0 fully saturated rings. The summed E-state index contributed by atoms with van der Waals surface area (Å²) in [4.78, 5) is 37.1. The third-order valence-electron chi connectivity index (χ3n) is 5.58. The molecule has 13 nitrogen and oxygen atoms in total. The van der Waals surface area contributed by atoms with E-state index in [9.17, 15) is 18.9 Å². The number of nitrogens with one attached hydrogen (secondary N) is 4. The van der Waals surface area contributed by atoms with Crippen molar-refractivity contribution >= 4 is 51.5 Å². The maximum absolute atomic E-state index is 12.3. The van der Waals surface area contributed by atoms with E-state index in [-0.39, 0.29) is 31.2 Å². The molecule has 0 bridgehead atoms. The molecular formula is C28H29N8O5S-. The van der Waals surface area contributed by atoms with E-state index >= 15 is 0 Å². The number of pyridine rings is 1. The highest BCUT2D eigenvalue weighted by molar-refractivity contribution is 7.75. The van der Waals surface area contributed by atoms with Crippen LogP contribution in [0.5, 0.6) is 0 Å². The minimum Gasteiger partial charge on any atom is -0.450 e. The van der Waals surface area contributed by atoms with Gasteiger partial charge in [0.25, 0.3) is 0 Å². The Morgan fingerprint density at radius 1 is 0.976 bits per heavy atom. The smallest absolute Gasteiger partial charge is 0.410 e. The fourth-order valence-electron chi connectivity index (χ4n) is 3.56. The largest absolute Gasteiger partial charge is 0.450 e. The summed E-state index contributed by atoms with van der Waals surface area (Å²) in [5, 5.41) is 21.4. The van der Waals surface area contributed by atoms with Gasteiger partial charge in [0, 0.05) is 47.3 Å². The lowest BCUT2D eigenvalue weighted by molar-refractivity contribution is 0.164. The topological polar surface area (TPSA) is 180 Å². The van der Waals surface area contributed by atoms with Gasteiger partial charge in [-0.15, -0.1) is 10.6 Å². The number of anilines is 5. The number of hydrogen-bond donors (Lipinski definition) is 5. The molecule has 1 atom stereocenters. The van der Waals surface area contributed by atoms with Crippen LogP contribution in [0.1, 0.15) is 13.8 Å². The Kier molecular flexibility index (Phi) is 10.3. The van der Waals surface area contributed by atoms with E-state index in [1.54, 1.807) is 74.0 Å². The van der Waals surface area contributed by atoms with Crippen LogP contribution in [0.25, 0.3) is 11.1 Å². The van der Waals surface area contributed by atoms with Gasteiger partial charge in [-0.25, -0.2) is 14.6 Å². The van der Waals surface area contributed by atoms with Crippen LogP contribution in [0.15, 0.2) is 88.5 Å². The normalized spacial score (nSPS) is 12.2. The summed E-state index contributed by atoms with van der Waals surface area (Å²) in [5.74, 6) is 0.763. The summed E-state index contributed by atoms with van der Waals surface area (Å²) in [6, 6.07) is 16.3. The number of carbonyl (C=O) groups is 2. The van der Waals surface area contributed by atoms with E-state index in [4.69, 9.17) is 4.74 Å². The molecule has 2 heterocycles. The first kappa shape index (κ1) is 29.9. The van der Waals surface area contributed by atoms with Crippen molar-refractivity contribution in [3.05, 3.63) is 79.3 Å². The standard InChI is InChI=1S/C28H29N8O5S/c1-3-41-28(39)36-42(40)23-10-8-20(9-11-23)32-26-30-16-24(25(35-26)31-18(2)17-37)19-4-6-21(7-5-19)33-27(38)34-22-12-14-29-15-13-22/h4-16,18,37H,3,17H2,1-2H3,(H2,29,33,34,38)(H2,30,31,32,35)/q-1. The SMILES string of the molecule is CCOC(=O)N=[S-](=O)c1ccc(Nc2ncc(-c3ccc(NC(=O)Nc4ccncc4)cc3)c(NC(C)CO)n2)cc1. The number of nitrogens with zero attached hydrogens (tertiary/aromatic N) is 4. The molecule has 0 aliphatic rings. The van der Waals surface area contributed by atoms with Gasteiger partial charge in [0.2, 0.25) is 5.95 Å². The number of aromatic nitrogens is 3. The molecule has 5 N–H and O–H groups in total. The average molecular weight is 590 g/mol. The molecule has 14 heteroatoms. The number of urea groups is 1. The van der Waals surface area contributed by atoms with Crippen molar-refractivity contribution in [1.82, 2.24) is 15.0 Å². The summed E-state index contributed by atoms with van der Waals surface area (Å²) in [7, 11) is -1.89. The number of carbonyl (C=O) groups excluding carboxylic acids is 2. The van der Waals surface area contributed by atoms with Gasteiger partial charge in [-0.2, -0.15) is 4.98 Å². The van der Waals surface area contributed by atoms with E-state index in [0.717, 1.165) is 5.56 Å². The molecule has 0 aliphatic carbocycles. The second-order valence-corrected chi connectivity index (χ2v) is 9.92. The number of amides is 3. The van der Waals surface area contributed by atoms with Crippen molar-refractivity contribution in [2.45, 2.75) is 24.8 Å². The fraction of sp³-hybridized carbons (Fsp3) is 0.179. The van der Waals surface area contributed by atoms with E-state index in [2.05, 4.69) is 40.6 Å². The van der Waals surface area contributed by atoms with E-state index in [0.29, 0.717) is 33.3 Å². The molecule has 0 spiro atoms. The number of ether oxygens (including phenoxy) is 1. The molecule has 2 aromatic heterocycles. The average Bonchev–Trinajstić information content (AvgIpc) is 2.98. The first-order valence-electron chi connectivity index (χ1n) is 12.8. The van der Waals surface area contributed by atoms with E-state index < -0.39 is 16.7 Å². The zero-order chi connectivity index (χ0) is 29.9. The Morgan fingerprint density at radius 3 is 2.26 bits per heavy atom. The molecule has 42 heavy (non-hydrogen) atoms. The minimum atomic E-state index is -1.89. The molecule has 218 valence electrons. The number of aliphatic hydroxyl groups is 1. The Morgan fingerprint density at radius 2 is 1.62 bits per heavy atom. The zero-order valence-corrected chi connectivity index (χ0v) is 23.6. The highest BCUT2D eigenvalue weighted by Gasteiger charge is 2.13. The van der Waals surface area contributed by atoms with Crippen molar-refractivity contribution in [3.8, 4) is 11.1 Å². The lowest BCUT2D eigenvalue weighted by Crippen LogP contribution is -2.21. The molecule has 4 aromatic rings. The van der Waals surface area contributed by atoms with Crippen molar-refractivity contribution < 1.29 is 23.6 Å². The first-order valence-corrected chi connectivity index (χ1v) is 14.0. The van der Waals surface area contributed by atoms with Gasteiger partial charge in [0.1, 0.15) is 5.82 Å². The molecular weight excluding hydrogens is 560 g/mol. The number of benzene rings is 2. The Bertz CT molecular complexity index is 1600. The third kappa shape index (κ3) is 8.46. The summed E-state index contributed by atoms with van der Waals surface area (Å²) < 4.78 is 20.4. The van der Waals surface area contributed by atoms with Crippen LogP contribution >= 0.6 is 0 Å². The van der Waals surface area contributed by atoms with Crippen LogP contribution in [-0.2, 0) is 19.5 Å². The van der Waals surface area contributed by atoms with Crippen LogP contribution in [0, 0.1) is 0 Å². The number of rotatable bonds is 10. The van der Waals surface area contributed by atoms with Gasteiger partial charge >= 0.3 is 12.1 Å². The summed E-state index contributed by atoms with van der Waals surface area (Å²) in [5.41, 5.74) is 3.28. The Balaban J connectivity index is 1.49. The lowest BCUT2D eigenvalue weighted by Gasteiger charge is -2.17. The second kappa shape index (κ2) is 14.5. The highest BCUT2D eigenvalue weighted by Crippen LogP contribution is 2.29. The van der Waals surface area contributed by atoms with Crippen LogP contribution in [0.3, 0.4) is 0 Å². The zero-order valence-electron chi connectivity index (χ0n) is 22.8. The van der Waals surface area contributed by atoms with Crippen molar-refractivity contribution in [2.24, 2.45) is 4.36 Å². The van der Waals surface area contributed by atoms with Crippen molar-refractivity contribution in [2.75, 3.05) is 34.5 Å². The fourth-order valence-corrected chi connectivity index (χ4v) is 4.22. The molecule has 0 saturated carbocycles. The molecule has 4 rings (SSSR count). The molecule has 0 radical (unpaired) electrons. The van der Waals surface area contributed by atoms with E-state index in [1.807, 2.05) is 19.1 Å². The number of aliphatic hydroxyl groups excluding tert-OH is 1. The Labute approximate surface area is 244 Å². The predicted octanol–water partition coefficient (Wildman–Crippen LogP) is 5.38. The molecule has 2 aromatic carbocycles. The minimum absolute atomic E-state index is 0.114. The monoisotopic (exact) mass is 589 g/mol. The molecule has 3 amide bonds. The second-order valence-electron chi connectivity index (χ2n) is 8.76. The maximum atomic E-state index is 12.3. The summed E-state index contributed by atoms with van der Waals surface area (Å²) in [6.45, 7) is 3.48. The summed E-state index contributed by atoms with van der Waals surface area (Å²) >= 11 is 0. The molecule has 0 saturated heterocycles. The van der Waals surface area contributed by atoms with Gasteiger partial charge in [0.15, 0.2) is 0 Å². The van der Waals surface area contributed by atoms with Crippen LogP contribution in [0.2, 0.25) is 0 Å². The quantitative estimate of drug-likeness (QED) is 0.151. The first-order chi connectivity index (χ1) is 20.3.